The minimum absolute atomic E-state index is 0.416. The fraction of sp³-hybridized carbons (Fsp3) is 0.846. The lowest BCUT2D eigenvalue weighted by atomic mass is 10.1. The highest BCUT2D eigenvalue weighted by Crippen LogP contribution is 2.45. The van der Waals surface area contributed by atoms with Crippen LogP contribution >= 0.6 is 0 Å². The van der Waals surface area contributed by atoms with E-state index in [0.29, 0.717) is 5.41 Å². The van der Waals surface area contributed by atoms with Crippen LogP contribution in [-0.2, 0) is 0 Å². The van der Waals surface area contributed by atoms with Gasteiger partial charge in [-0.1, -0.05) is 18.8 Å². The molecular formula is C13H21N. The molecule has 0 bridgehead atoms. The Labute approximate surface area is 87.9 Å². The SMILES string of the molecule is CC#CC1(CN2CCCCCC2)CC1. The zero-order valence-corrected chi connectivity index (χ0v) is 9.31. The highest BCUT2D eigenvalue weighted by molar-refractivity contribution is 5.19. The lowest BCUT2D eigenvalue weighted by Crippen LogP contribution is -2.30. The molecule has 14 heavy (non-hydrogen) atoms. The third-order valence-electron chi connectivity index (χ3n) is 3.47. The van der Waals surface area contributed by atoms with Crippen molar-refractivity contribution in [2.24, 2.45) is 5.41 Å². The van der Waals surface area contributed by atoms with E-state index in [2.05, 4.69) is 16.7 Å². The summed E-state index contributed by atoms with van der Waals surface area (Å²) in [4.78, 5) is 2.64. The largest absolute Gasteiger partial charge is 0.302 e. The Balaban J connectivity index is 1.85. The van der Waals surface area contributed by atoms with Crippen molar-refractivity contribution in [2.45, 2.75) is 45.4 Å². The van der Waals surface area contributed by atoms with E-state index in [1.165, 1.54) is 58.2 Å². The standard InChI is InChI=1S/C13H21N/c1-2-7-13(8-9-13)12-14-10-5-3-4-6-11-14/h3-6,8-12H2,1H3. The predicted molar refractivity (Wildman–Crippen MR) is 60.0 cm³/mol. The maximum atomic E-state index is 3.41. The summed E-state index contributed by atoms with van der Waals surface area (Å²) in [6.07, 6.45) is 8.34. The monoisotopic (exact) mass is 191 g/mol. The molecule has 0 N–H and O–H groups in total. The maximum absolute atomic E-state index is 3.41. The van der Waals surface area contributed by atoms with Crippen LogP contribution in [-0.4, -0.2) is 24.5 Å². The van der Waals surface area contributed by atoms with Gasteiger partial charge in [0.05, 0.1) is 0 Å². The summed E-state index contributed by atoms with van der Waals surface area (Å²) in [5.74, 6) is 6.51. The Morgan fingerprint density at radius 2 is 1.71 bits per heavy atom. The summed E-state index contributed by atoms with van der Waals surface area (Å²) < 4.78 is 0. The van der Waals surface area contributed by atoms with Crippen molar-refractivity contribution in [2.75, 3.05) is 19.6 Å². The normalized spacial score (nSPS) is 26.1. The minimum atomic E-state index is 0.416. The summed E-state index contributed by atoms with van der Waals surface area (Å²) in [6.45, 7) is 5.84. The Kier molecular flexibility index (Phi) is 3.13. The molecule has 0 aromatic heterocycles. The van der Waals surface area contributed by atoms with Gasteiger partial charge in [-0.15, -0.1) is 5.92 Å². The van der Waals surface area contributed by atoms with Crippen LogP contribution in [0.15, 0.2) is 0 Å². The number of hydrogen-bond acceptors (Lipinski definition) is 1. The van der Waals surface area contributed by atoms with Crippen molar-refractivity contribution in [3.8, 4) is 11.8 Å². The van der Waals surface area contributed by atoms with E-state index in [1.807, 2.05) is 6.92 Å². The topological polar surface area (TPSA) is 3.24 Å². The van der Waals surface area contributed by atoms with Gasteiger partial charge in [-0.3, -0.25) is 0 Å². The first kappa shape index (κ1) is 10.1. The first-order chi connectivity index (χ1) is 6.85. The molecule has 1 heteroatoms. The average molecular weight is 191 g/mol. The van der Waals surface area contributed by atoms with Crippen LogP contribution in [0.25, 0.3) is 0 Å². The minimum Gasteiger partial charge on any atom is -0.302 e. The summed E-state index contributed by atoms with van der Waals surface area (Å²) in [6, 6.07) is 0. The molecule has 2 fully saturated rings. The van der Waals surface area contributed by atoms with E-state index >= 15 is 0 Å². The molecule has 1 saturated carbocycles. The predicted octanol–water partition coefficient (Wildman–Crippen LogP) is 2.67. The van der Waals surface area contributed by atoms with Gasteiger partial charge in [0, 0.05) is 12.0 Å². The number of rotatable bonds is 2. The lowest BCUT2D eigenvalue weighted by Gasteiger charge is -2.22. The molecule has 2 aliphatic rings. The van der Waals surface area contributed by atoms with Gasteiger partial charge in [-0.2, -0.15) is 0 Å². The average Bonchev–Trinajstić information content (AvgIpc) is 2.93. The Morgan fingerprint density at radius 1 is 1.07 bits per heavy atom. The molecule has 1 aliphatic carbocycles. The summed E-state index contributed by atoms with van der Waals surface area (Å²) in [5, 5.41) is 0. The zero-order chi connectivity index (χ0) is 9.86. The van der Waals surface area contributed by atoms with E-state index in [0.717, 1.165) is 0 Å². The molecule has 0 amide bonds. The van der Waals surface area contributed by atoms with Gasteiger partial charge in [0.25, 0.3) is 0 Å². The lowest BCUT2D eigenvalue weighted by molar-refractivity contribution is 0.253. The highest BCUT2D eigenvalue weighted by atomic mass is 15.1. The molecule has 1 aliphatic heterocycles. The van der Waals surface area contributed by atoms with Gasteiger partial charge >= 0.3 is 0 Å². The fourth-order valence-corrected chi connectivity index (χ4v) is 2.46. The second kappa shape index (κ2) is 4.36. The summed E-state index contributed by atoms with van der Waals surface area (Å²) in [5.41, 5.74) is 0.416. The van der Waals surface area contributed by atoms with Crippen LogP contribution in [0, 0.1) is 17.3 Å². The second-order valence-electron chi connectivity index (χ2n) is 4.85. The van der Waals surface area contributed by atoms with Crippen molar-refractivity contribution in [3.63, 3.8) is 0 Å². The van der Waals surface area contributed by atoms with E-state index in [-0.39, 0.29) is 0 Å². The van der Waals surface area contributed by atoms with Gasteiger partial charge in [-0.05, 0) is 45.7 Å². The van der Waals surface area contributed by atoms with Gasteiger partial charge in [-0.25, -0.2) is 0 Å². The van der Waals surface area contributed by atoms with Gasteiger partial charge in [0.15, 0.2) is 0 Å². The van der Waals surface area contributed by atoms with Gasteiger partial charge < -0.3 is 4.90 Å². The Morgan fingerprint density at radius 3 is 2.21 bits per heavy atom. The van der Waals surface area contributed by atoms with Crippen LogP contribution < -0.4 is 0 Å². The van der Waals surface area contributed by atoms with E-state index in [9.17, 15) is 0 Å². The molecule has 0 radical (unpaired) electrons. The van der Waals surface area contributed by atoms with Crippen molar-refractivity contribution < 1.29 is 0 Å². The third kappa shape index (κ3) is 2.51. The highest BCUT2D eigenvalue weighted by Gasteiger charge is 2.42. The van der Waals surface area contributed by atoms with Crippen LogP contribution in [0.2, 0.25) is 0 Å². The smallest absolute Gasteiger partial charge is 0.0442 e. The van der Waals surface area contributed by atoms with Gasteiger partial charge in [0.1, 0.15) is 0 Å². The van der Waals surface area contributed by atoms with E-state index in [1.54, 1.807) is 0 Å². The molecule has 2 rings (SSSR count). The number of likely N-dealkylation sites (tertiary alicyclic amines) is 1. The van der Waals surface area contributed by atoms with Crippen LogP contribution in [0.3, 0.4) is 0 Å². The Hall–Kier alpha value is -0.480. The molecule has 0 aromatic rings. The molecule has 0 aromatic carbocycles. The summed E-state index contributed by atoms with van der Waals surface area (Å²) in [7, 11) is 0. The third-order valence-corrected chi connectivity index (χ3v) is 3.47. The summed E-state index contributed by atoms with van der Waals surface area (Å²) >= 11 is 0. The molecule has 0 unspecified atom stereocenters. The first-order valence-corrected chi connectivity index (χ1v) is 6.01. The quantitative estimate of drug-likeness (QED) is 0.607. The second-order valence-corrected chi connectivity index (χ2v) is 4.85. The molecule has 78 valence electrons. The van der Waals surface area contributed by atoms with Crippen molar-refractivity contribution in [3.05, 3.63) is 0 Å². The number of nitrogens with zero attached hydrogens (tertiary/aromatic N) is 1. The van der Waals surface area contributed by atoms with Crippen LogP contribution in [0.5, 0.6) is 0 Å². The fourth-order valence-electron chi connectivity index (χ4n) is 2.46. The van der Waals surface area contributed by atoms with E-state index < -0.39 is 0 Å². The van der Waals surface area contributed by atoms with Crippen molar-refractivity contribution in [1.82, 2.24) is 4.90 Å². The first-order valence-electron chi connectivity index (χ1n) is 6.01. The zero-order valence-electron chi connectivity index (χ0n) is 9.31. The molecule has 0 atom stereocenters. The van der Waals surface area contributed by atoms with E-state index in [4.69, 9.17) is 0 Å². The van der Waals surface area contributed by atoms with Crippen LogP contribution in [0.1, 0.15) is 45.4 Å². The van der Waals surface area contributed by atoms with Gasteiger partial charge in [0.2, 0.25) is 0 Å². The molecule has 1 nitrogen and oxygen atoms in total. The number of hydrogen-bond donors (Lipinski definition) is 0. The molecule has 0 spiro atoms. The molecule has 1 heterocycles. The molecular weight excluding hydrogens is 170 g/mol. The van der Waals surface area contributed by atoms with Crippen LogP contribution in [0.4, 0.5) is 0 Å². The Bertz CT molecular complexity index is 234. The maximum Gasteiger partial charge on any atom is 0.0442 e. The molecule has 1 saturated heterocycles. The van der Waals surface area contributed by atoms with Crippen molar-refractivity contribution in [1.29, 1.82) is 0 Å². The van der Waals surface area contributed by atoms with Crippen molar-refractivity contribution >= 4 is 0 Å².